The molecule has 1 unspecified atom stereocenters. The first kappa shape index (κ1) is 26.1. The van der Waals surface area contributed by atoms with Crippen molar-refractivity contribution in [3.05, 3.63) is 77.1 Å². The number of aromatic nitrogens is 1. The zero-order valence-corrected chi connectivity index (χ0v) is 21.0. The van der Waals surface area contributed by atoms with Crippen molar-refractivity contribution in [1.29, 1.82) is 5.26 Å². The van der Waals surface area contributed by atoms with Gasteiger partial charge in [-0.05, 0) is 81.8 Å². The Morgan fingerprint density at radius 3 is 2.47 bits per heavy atom. The number of carbonyl (C=O) groups excluding carboxylic acids is 2. The third-order valence-electron chi connectivity index (χ3n) is 5.53. The van der Waals surface area contributed by atoms with E-state index in [1.54, 1.807) is 24.3 Å². The van der Waals surface area contributed by atoms with E-state index < -0.39 is 18.0 Å². The largest absolute Gasteiger partial charge is 0.495 e. The summed E-state index contributed by atoms with van der Waals surface area (Å²) in [6, 6.07) is 18.3. The minimum Gasteiger partial charge on any atom is -0.495 e. The monoisotopic (exact) mass is 487 g/mol. The second-order valence-electron chi connectivity index (χ2n) is 8.00. The molecule has 1 amide bonds. The number of nitriles is 1. The van der Waals surface area contributed by atoms with Gasteiger partial charge in [0.1, 0.15) is 23.1 Å². The minimum atomic E-state index is -1.13. The molecule has 3 aromatic rings. The predicted molar refractivity (Wildman–Crippen MR) is 137 cm³/mol. The molecule has 8 nitrogen and oxygen atoms in total. The molecule has 36 heavy (non-hydrogen) atoms. The lowest BCUT2D eigenvalue weighted by molar-refractivity contribution is -0.148. The third-order valence-corrected chi connectivity index (χ3v) is 5.53. The number of methoxy groups -OCH3 is 1. The lowest BCUT2D eigenvalue weighted by Gasteiger charge is -2.15. The summed E-state index contributed by atoms with van der Waals surface area (Å²) in [7, 11) is 1.49. The molecule has 1 N–H and O–H groups in total. The first-order valence-electron chi connectivity index (χ1n) is 11.5. The van der Waals surface area contributed by atoms with Crippen LogP contribution in [0, 0.1) is 25.2 Å². The Kier molecular flexibility index (Phi) is 8.52. The molecule has 1 heterocycles. The third kappa shape index (κ3) is 5.94. The number of esters is 1. The highest BCUT2D eigenvalue weighted by molar-refractivity contribution is 6.01. The summed E-state index contributed by atoms with van der Waals surface area (Å²) in [6.45, 7) is 7.80. The van der Waals surface area contributed by atoms with Crippen molar-refractivity contribution < 1.29 is 23.8 Å². The Balaban J connectivity index is 1.76. The lowest BCUT2D eigenvalue weighted by Crippen LogP contribution is -2.30. The van der Waals surface area contributed by atoms with E-state index in [0.29, 0.717) is 23.6 Å². The number of ether oxygens (including phenoxy) is 3. The van der Waals surface area contributed by atoms with Gasteiger partial charge >= 0.3 is 5.97 Å². The smallest absolute Gasteiger partial charge is 0.349 e. The highest BCUT2D eigenvalue weighted by atomic mass is 16.5. The molecule has 0 aliphatic heterocycles. The van der Waals surface area contributed by atoms with Crippen LogP contribution < -0.4 is 14.8 Å². The second kappa shape index (κ2) is 11.8. The summed E-state index contributed by atoms with van der Waals surface area (Å²) in [4.78, 5) is 25.3. The number of rotatable bonds is 9. The van der Waals surface area contributed by atoms with Crippen LogP contribution in [0.2, 0.25) is 0 Å². The Morgan fingerprint density at radius 1 is 1.14 bits per heavy atom. The Bertz CT molecular complexity index is 1320. The van der Waals surface area contributed by atoms with Crippen LogP contribution in [0.25, 0.3) is 11.8 Å². The van der Waals surface area contributed by atoms with Crippen molar-refractivity contribution in [2.75, 3.05) is 19.0 Å². The fraction of sp³-hybridized carbons (Fsp3) is 0.250. The van der Waals surface area contributed by atoms with Gasteiger partial charge in [0.25, 0.3) is 5.91 Å². The van der Waals surface area contributed by atoms with Gasteiger partial charge in [0.05, 0.1) is 19.4 Å². The van der Waals surface area contributed by atoms with Crippen molar-refractivity contribution in [2.24, 2.45) is 0 Å². The van der Waals surface area contributed by atoms with Gasteiger partial charge in [-0.3, -0.25) is 4.79 Å². The summed E-state index contributed by atoms with van der Waals surface area (Å²) in [6.07, 6.45) is 0.344. The number of nitrogens with one attached hydrogen (secondary N) is 1. The maximum atomic E-state index is 12.7. The molecule has 0 aliphatic rings. The van der Waals surface area contributed by atoms with Gasteiger partial charge in [0, 0.05) is 17.1 Å². The molecule has 1 atom stereocenters. The fourth-order valence-electron chi connectivity index (χ4n) is 3.74. The zero-order valence-electron chi connectivity index (χ0n) is 21.0. The minimum absolute atomic E-state index is 0.209. The maximum absolute atomic E-state index is 12.7. The molecule has 0 fully saturated rings. The molecule has 0 radical (unpaired) electrons. The number of aryl methyl sites for hydroxylation is 1. The van der Waals surface area contributed by atoms with E-state index in [1.165, 1.54) is 20.1 Å². The topological polar surface area (TPSA) is 103 Å². The van der Waals surface area contributed by atoms with Crippen LogP contribution in [-0.4, -0.2) is 36.3 Å². The van der Waals surface area contributed by atoms with E-state index >= 15 is 0 Å². The summed E-state index contributed by atoms with van der Waals surface area (Å²) in [5.74, 6) is -0.169. The molecule has 0 saturated carbocycles. The van der Waals surface area contributed by atoms with E-state index in [9.17, 15) is 14.9 Å². The van der Waals surface area contributed by atoms with Crippen LogP contribution in [0.1, 0.15) is 30.8 Å². The predicted octanol–water partition coefficient (Wildman–Crippen LogP) is 4.98. The highest BCUT2D eigenvalue weighted by Gasteiger charge is 2.22. The summed E-state index contributed by atoms with van der Waals surface area (Å²) in [5.41, 5.74) is 3.64. The first-order chi connectivity index (χ1) is 17.3. The Labute approximate surface area is 210 Å². The van der Waals surface area contributed by atoms with E-state index in [0.717, 1.165) is 22.8 Å². The van der Waals surface area contributed by atoms with Crippen LogP contribution in [0.15, 0.2) is 60.2 Å². The van der Waals surface area contributed by atoms with Crippen molar-refractivity contribution in [2.45, 2.75) is 33.8 Å². The van der Waals surface area contributed by atoms with Gasteiger partial charge in [-0.1, -0.05) is 12.1 Å². The van der Waals surface area contributed by atoms with E-state index in [4.69, 9.17) is 14.2 Å². The van der Waals surface area contributed by atoms with Crippen LogP contribution in [-0.2, 0) is 14.3 Å². The number of anilines is 1. The molecule has 8 heteroatoms. The zero-order chi connectivity index (χ0) is 26.2. The van der Waals surface area contributed by atoms with Crippen molar-refractivity contribution in [3.63, 3.8) is 0 Å². The van der Waals surface area contributed by atoms with E-state index in [-0.39, 0.29) is 5.57 Å². The first-order valence-corrected chi connectivity index (χ1v) is 11.5. The molecule has 1 aromatic heterocycles. The number of hydrogen-bond acceptors (Lipinski definition) is 6. The number of benzene rings is 2. The van der Waals surface area contributed by atoms with Crippen LogP contribution in [0.5, 0.6) is 11.5 Å². The van der Waals surface area contributed by atoms with Crippen molar-refractivity contribution in [1.82, 2.24) is 4.57 Å². The van der Waals surface area contributed by atoms with Gasteiger partial charge < -0.3 is 24.1 Å². The fourth-order valence-corrected chi connectivity index (χ4v) is 3.74. The molecule has 0 spiro atoms. The number of nitrogens with zero attached hydrogens (tertiary/aromatic N) is 2. The summed E-state index contributed by atoms with van der Waals surface area (Å²) in [5, 5.41) is 12.3. The molecule has 2 aromatic carbocycles. The Morgan fingerprint density at radius 2 is 1.83 bits per heavy atom. The summed E-state index contributed by atoms with van der Waals surface area (Å²) >= 11 is 0. The van der Waals surface area contributed by atoms with Crippen LogP contribution >= 0.6 is 0 Å². The van der Waals surface area contributed by atoms with Gasteiger partial charge in [-0.15, -0.1) is 0 Å². The SMILES string of the molecule is CCOc1ccc(-n2c(C)cc(/C=C(\C#N)C(=O)OC(C)C(=O)Nc3ccccc3OC)c2C)cc1. The van der Waals surface area contributed by atoms with Gasteiger partial charge in [0.15, 0.2) is 6.10 Å². The average molecular weight is 488 g/mol. The lowest BCUT2D eigenvalue weighted by atomic mass is 10.1. The van der Waals surface area contributed by atoms with Gasteiger partial charge in [-0.25, -0.2) is 4.79 Å². The van der Waals surface area contributed by atoms with E-state index in [2.05, 4.69) is 5.32 Å². The molecule has 186 valence electrons. The molecular weight excluding hydrogens is 458 g/mol. The van der Waals surface area contributed by atoms with Crippen LogP contribution in [0.3, 0.4) is 0 Å². The quantitative estimate of drug-likeness (QED) is 0.259. The summed E-state index contributed by atoms with van der Waals surface area (Å²) < 4.78 is 18.0. The van der Waals surface area contributed by atoms with Gasteiger partial charge in [0.2, 0.25) is 0 Å². The molecule has 0 saturated heterocycles. The van der Waals surface area contributed by atoms with Crippen molar-refractivity contribution in [3.8, 4) is 23.3 Å². The van der Waals surface area contributed by atoms with E-state index in [1.807, 2.05) is 61.7 Å². The standard InChI is InChI=1S/C28H29N3O5/c1-6-35-24-13-11-23(12-14-24)31-18(2)15-21(19(31)3)16-22(17-29)28(33)36-20(4)27(32)30-25-9-7-8-10-26(25)34-5/h7-16,20H,6H2,1-5H3,(H,30,32)/b22-16+. The number of hydrogen-bond donors (Lipinski definition) is 1. The normalized spacial score (nSPS) is 11.8. The van der Waals surface area contributed by atoms with Crippen LogP contribution in [0.4, 0.5) is 5.69 Å². The molecule has 0 aliphatic carbocycles. The number of amides is 1. The van der Waals surface area contributed by atoms with Crippen molar-refractivity contribution >= 4 is 23.6 Å². The second-order valence-corrected chi connectivity index (χ2v) is 8.00. The molecule has 3 rings (SSSR count). The number of carbonyl (C=O) groups is 2. The maximum Gasteiger partial charge on any atom is 0.349 e. The average Bonchev–Trinajstić information content (AvgIpc) is 3.15. The molecule has 0 bridgehead atoms. The number of para-hydroxylation sites is 2. The Hall–Kier alpha value is -4.51. The highest BCUT2D eigenvalue weighted by Crippen LogP contribution is 2.25. The van der Waals surface area contributed by atoms with Gasteiger partial charge in [-0.2, -0.15) is 5.26 Å². The molecular formula is C28H29N3O5.